The lowest BCUT2D eigenvalue weighted by atomic mass is 10.2. The Morgan fingerprint density at radius 2 is 1.95 bits per heavy atom. The molecule has 1 aromatic rings. The van der Waals surface area contributed by atoms with Crippen LogP contribution in [0.4, 0.5) is 10.5 Å². The van der Waals surface area contributed by atoms with Gasteiger partial charge in [-0.15, -0.1) is 0 Å². The number of aromatic carboxylic acids is 1. The number of benzene rings is 1. The summed E-state index contributed by atoms with van der Waals surface area (Å²) in [4.78, 5) is 22.6. The molecular formula is C14H18N2O4. The first kappa shape index (κ1) is 14.3. The van der Waals surface area contributed by atoms with E-state index in [0.717, 1.165) is 19.3 Å². The Balaban J connectivity index is 1.89. The molecule has 2 atom stereocenters. The van der Waals surface area contributed by atoms with Gasteiger partial charge in [-0.3, -0.25) is 0 Å². The largest absolute Gasteiger partial charge is 0.478 e. The normalized spacial score (nSPS) is 21.4. The highest BCUT2D eigenvalue weighted by Gasteiger charge is 2.28. The number of amides is 2. The van der Waals surface area contributed by atoms with Gasteiger partial charge in [0.15, 0.2) is 0 Å². The van der Waals surface area contributed by atoms with Gasteiger partial charge in [-0.1, -0.05) is 0 Å². The van der Waals surface area contributed by atoms with Crippen LogP contribution in [0, 0.1) is 0 Å². The topological polar surface area (TPSA) is 87.7 Å². The maximum absolute atomic E-state index is 11.9. The Kier molecular flexibility index (Phi) is 4.57. The maximum Gasteiger partial charge on any atom is 0.335 e. The van der Waals surface area contributed by atoms with Crippen molar-refractivity contribution >= 4 is 17.7 Å². The lowest BCUT2D eigenvalue weighted by Crippen LogP contribution is -2.42. The summed E-state index contributed by atoms with van der Waals surface area (Å²) in [5, 5.41) is 14.3. The fraction of sp³-hybridized carbons (Fsp3) is 0.429. The lowest BCUT2D eigenvalue weighted by molar-refractivity contribution is 0.0697. The molecule has 0 radical (unpaired) electrons. The molecule has 1 aromatic carbocycles. The van der Waals surface area contributed by atoms with E-state index in [9.17, 15) is 9.59 Å². The molecule has 20 heavy (non-hydrogen) atoms. The Labute approximate surface area is 117 Å². The van der Waals surface area contributed by atoms with Crippen LogP contribution in [0.25, 0.3) is 0 Å². The van der Waals surface area contributed by atoms with Crippen molar-refractivity contribution in [1.82, 2.24) is 5.32 Å². The Morgan fingerprint density at radius 3 is 2.55 bits per heavy atom. The van der Waals surface area contributed by atoms with Crippen LogP contribution in [0.5, 0.6) is 0 Å². The van der Waals surface area contributed by atoms with Gasteiger partial charge in [0.25, 0.3) is 0 Å². The molecule has 0 saturated heterocycles. The van der Waals surface area contributed by atoms with Gasteiger partial charge in [-0.2, -0.15) is 0 Å². The summed E-state index contributed by atoms with van der Waals surface area (Å²) in [6, 6.07) is 5.74. The molecular weight excluding hydrogens is 260 g/mol. The van der Waals surface area contributed by atoms with Crippen molar-refractivity contribution in [3.8, 4) is 0 Å². The molecule has 0 aromatic heterocycles. The number of urea groups is 1. The van der Waals surface area contributed by atoms with E-state index >= 15 is 0 Å². The van der Waals surface area contributed by atoms with E-state index in [-0.39, 0.29) is 23.7 Å². The molecule has 0 bridgehead atoms. The number of hydrogen-bond acceptors (Lipinski definition) is 3. The van der Waals surface area contributed by atoms with E-state index in [0.29, 0.717) is 5.69 Å². The van der Waals surface area contributed by atoms with E-state index < -0.39 is 5.97 Å². The van der Waals surface area contributed by atoms with Crippen molar-refractivity contribution in [2.24, 2.45) is 0 Å². The van der Waals surface area contributed by atoms with E-state index in [1.54, 1.807) is 19.2 Å². The second kappa shape index (κ2) is 6.38. The molecule has 2 unspecified atom stereocenters. The molecule has 1 saturated carbocycles. The summed E-state index contributed by atoms with van der Waals surface area (Å²) in [5.41, 5.74) is 0.741. The Hall–Kier alpha value is -2.08. The van der Waals surface area contributed by atoms with Crippen LogP contribution in [0.1, 0.15) is 29.6 Å². The first-order valence-electron chi connectivity index (χ1n) is 6.54. The number of carbonyl (C=O) groups is 2. The SMILES string of the molecule is COC1CCCC1NC(=O)Nc1ccc(C(=O)O)cc1. The molecule has 3 N–H and O–H groups in total. The first-order valence-corrected chi connectivity index (χ1v) is 6.54. The smallest absolute Gasteiger partial charge is 0.335 e. The minimum absolute atomic E-state index is 0.0262. The molecule has 1 fully saturated rings. The van der Waals surface area contributed by atoms with Crippen LogP contribution in [0.3, 0.4) is 0 Å². The lowest BCUT2D eigenvalue weighted by Gasteiger charge is -2.19. The van der Waals surface area contributed by atoms with E-state index in [1.165, 1.54) is 12.1 Å². The van der Waals surface area contributed by atoms with Crippen LogP contribution >= 0.6 is 0 Å². The molecule has 0 aliphatic heterocycles. The zero-order valence-electron chi connectivity index (χ0n) is 11.3. The van der Waals surface area contributed by atoms with Crippen LogP contribution in [-0.4, -0.2) is 36.4 Å². The van der Waals surface area contributed by atoms with Gasteiger partial charge in [-0.25, -0.2) is 9.59 Å². The van der Waals surface area contributed by atoms with Gasteiger partial charge >= 0.3 is 12.0 Å². The van der Waals surface area contributed by atoms with Gasteiger partial charge in [0.2, 0.25) is 0 Å². The third kappa shape index (κ3) is 3.48. The third-order valence-corrected chi connectivity index (χ3v) is 3.46. The standard InChI is InChI=1S/C14H18N2O4/c1-20-12-4-2-3-11(12)16-14(19)15-10-7-5-9(6-8-10)13(17)18/h5-8,11-12H,2-4H2,1H3,(H,17,18)(H2,15,16,19). The van der Waals surface area contributed by atoms with E-state index in [2.05, 4.69) is 10.6 Å². The van der Waals surface area contributed by atoms with Crippen LogP contribution in [-0.2, 0) is 4.74 Å². The minimum Gasteiger partial charge on any atom is -0.478 e. The minimum atomic E-state index is -0.991. The summed E-state index contributed by atoms with van der Waals surface area (Å²) in [6.45, 7) is 0. The van der Waals surface area contributed by atoms with Gasteiger partial charge < -0.3 is 20.5 Å². The van der Waals surface area contributed by atoms with Crippen molar-refractivity contribution in [3.63, 3.8) is 0 Å². The van der Waals surface area contributed by atoms with Crippen molar-refractivity contribution in [3.05, 3.63) is 29.8 Å². The van der Waals surface area contributed by atoms with Gasteiger partial charge in [-0.05, 0) is 43.5 Å². The monoisotopic (exact) mass is 278 g/mol. The van der Waals surface area contributed by atoms with Gasteiger partial charge in [0.05, 0.1) is 17.7 Å². The fourth-order valence-electron chi connectivity index (χ4n) is 2.40. The summed E-state index contributed by atoms with van der Waals surface area (Å²) in [6.07, 6.45) is 2.96. The number of carboxylic acids is 1. The molecule has 108 valence electrons. The Morgan fingerprint density at radius 1 is 1.25 bits per heavy atom. The summed E-state index contributed by atoms with van der Waals surface area (Å²) in [7, 11) is 1.65. The molecule has 0 spiro atoms. The zero-order valence-corrected chi connectivity index (χ0v) is 11.3. The molecule has 2 rings (SSSR count). The summed E-state index contributed by atoms with van der Waals surface area (Å²) < 4.78 is 5.31. The van der Waals surface area contributed by atoms with Crippen molar-refractivity contribution in [1.29, 1.82) is 0 Å². The molecule has 0 heterocycles. The zero-order chi connectivity index (χ0) is 14.5. The second-order valence-corrected chi connectivity index (χ2v) is 4.79. The highest BCUT2D eigenvalue weighted by Crippen LogP contribution is 2.21. The van der Waals surface area contributed by atoms with Crippen LogP contribution in [0.2, 0.25) is 0 Å². The number of hydrogen-bond donors (Lipinski definition) is 3. The highest BCUT2D eigenvalue weighted by molar-refractivity contribution is 5.91. The molecule has 6 heteroatoms. The van der Waals surface area contributed by atoms with Crippen molar-refractivity contribution in [2.45, 2.75) is 31.4 Å². The van der Waals surface area contributed by atoms with E-state index in [4.69, 9.17) is 9.84 Å². The quantitative estimate of drug-likeness (QED) is 0.786. The maximum atomic E-state index is 11.9. The molecule has 2 amide bonds. The average Bonchev–Trinajstić information content (AvgIpc) is 2.86. The fourth-order valence-corrected chi connectivity index (χ4v) is 2.40. The highest BCUT2D eigenvalue weighted by atomic mass is 16.5. The molecule has 1 aliphatic rings. The second-order valence-electron chi connectivity index (χ2n) is 4.79. The van der Waals surface area contributed by atoms with Crippen molar-refractivity contribution < 1.29 is 19.4 Å². The average molecular weight is 278 g/mol. The number of anilines is 1. The molecule has 1 aliphatic carbocycles. The summed E-state index contributed by atoms with van der Waals surface area (Å²) in [5.74, 6) is -0.991. The van der Waals surface area contributed by atoms with Crippen LogP contribution in [0.15, 0.2) is 24.3 Å². The van der Waals surface area contributed by atoms with Gasteiger partial charge in [0, 0.05) is 12.8 Å². The number of nitrogens with one attached hydrogen (secondary N) is 2. The van der Waals surface area contributed by atoms with Crippen molar-refractivity contribution in [2.75, 3.05) is 12.4 Å². The molecule has 6 nitrogen and oxygen atoms in total. The number of ether oxygens (including phenoxy) is 1. The van der Waals surface area contributed by atoms with Gasteiger partial charge in [0.1, 0.15) is 0 Å². The number of methoxy groups -OCH3 is 1. The number of carbonyl (C=O) groups excluding carboxylic acids is 1. The predicted octanol–water partition coefficient (Wildman–Crippen LogP) is 2.07. The first-order chi connectivity index (χ1) is 9.60. The third-order valence-electron chi connectivity index (χ3n) is 3.46. The predicted molar refractivity (Wildman–Crippen MR) is 74.0 cm³/mol. The number of rotatable bonds is 4. The van der Waals surface area contributed by atoms with E-state index in [1.807, 2.05) is 0 Å². The Bertz CT molecular complexity index is 486. The number of carboxylic acid groups (broad SMARTS) is 1. The summed E-state index contributed by atoms with van der Waals surface area (Å²) >= 11 is 0. The van der Waals surface area contributed by atoms with Crippen LogP contribution < -0.4 is 10.6 Å².